The zero-order valence-corrected chi connectivity index (χ0v) is 9.57. The Kier molecular flexibility index (Phi) is 4.35. The highest BCUT2D eigenvalue weighted by atomic mass is 16.5. The first-order chi connectivity index (χ1) is 7.15. The fourth-order valence-corrected chi connectivity index (χ4v) is 1.25. The van der Waals surface area contributed by atoms with E-state index in [-0.39, 0.29) is 18.0 Å². The number of carbonyl (C=O) groups excluding carboxylic acids is 1. The van der Waals surface area contributed by atoms with Gasteiger partial charge in [-0.25, -0.2) is 0 Å². The summed E-state index contributed by atoms with van der Waals surface area (Å²) < 4.78 is 5.35. The minimum absolute atomic E-state index is 0.0174. The maximum absolute atomic E-state index is 11.5. The van der Waals surface area contributed by atoms with Crippen molar-refractivity contribution in [1.29, 1.82) is 0 Å². The van der Waals surface area contributed by atoms with Crippen molar-refractivity contribution in [3.8, 4) is 0 Å². The first-order valence-electron chi connectivity index (χ1n) is 5.40. The van der Waals surface area contributed by atoms with Crippen molar-refractivity contribution in [3.63, 3.8) is 0 Å². The van der Waals surface area contributed by atoms with Crippen molar-refractivity contribution in [2.75, 3.05) is 0 Å². The SMILES string of the molecule is CC[C@H](C)C(=O)O[C@H](C)c1ccccc1. The van der Waals surface area contributed by atoms with Crippen LogP contribution < -0.4 is 0 Å². The van der Waals surface area contributed by atoms with Crippen molar-refractivity contribution in [2.45, 2.75) is 33.3 Å². The molecule has 2 nitrogen and oxygen atoms in total. The molecule has 0 amide bonds. The zero-order valence-electron chi connectivity index (χ0n) is 9.57. The lowest BCUT2D eigenvalue weighted by Crippen LogP contribution is -2.16. The molecule has 0 fully saturated rings. The summed E-state index contributed by atoms with van der Waals surface area (Å²) in [5.41, 5.74) is 1.04. The minimum Gasteiger partial charge on any atom is -0.458 e. The number of carbonyl (C=O) groups is 1. The Morgan fingerprint density at radius 2 is 1.87 bits per heavy atom. The van der Waals surface area contributed by atoms with E-state index < -0.39 is 0 Å². The average molecular weight is 206 g/mol. The maximum Gasteiger partial charge on any atom is 0.309 e. The van der Waals surface area contributed by atoms with Crippen LogP contribution in [0.3, 0.4) is 0 Å². The smallest absolute Gasteiger partial charge is 0.309 e. The molecule has 82 valence electrons. The lowest BCUT2D eigenvalue weighted by Gasteiger charge is -2.16. The summed E-state index contributed by atoms with van der Waals surface area (Å²) in [6.45, 7) is 5.77. The summed E-state index contributed by atoms with van der Waals surface area (Å²) in [6.07, 6.45) is 0.660. The van der Waals surface area contributed by atoms with Crippen molar-refractivity contribution in [2.24, 2.45) is 5.92 Å². The molecule has 0 radical (unpaired) electrons. The standard InChI is InChI=1S/C13H18O2/c1-4-10(2)13(14)15-11(3)12-8-6-5-7-9-12/h5-11H,4H2,1-3H3/t10-,11+/m0/s1. The second-order valence-electron chi connectivity index (χ2n) is 3.80. The van der Waals surface area contributed by atoms with Gasteiger partial charge in [-0.1, -0.05) is 44.2 Å². The molecule has 0 heterocycles. The molecule has 2 atom stereocenters. The molecule has 0 aromatic heterocycles. The van der Waals surface area contributed by atoms with Gasteiger partial charge in [-0.3, -0.25) is 4.79 Å². The quantitative estimate of drug-likeness (QED) is 0.706. The van der Waals surface area contributed by atoms with Gasteiger partial charge in [0.05, 0.1) is 5.92 Å². The van der Waals surface area contributed by atoms with Gasteiger partial charge in [0, 0.05) is 0 Å². The van der Waals surface area contributed by atoms with Crippen LogP contribution in [0.5, 0.6) is 0 Å². The van der Waals surface area contributed by atoms with E-state index in [0.717, 1.165) is 12.0 Å². The largest absolute Gasteiger partial charge is 0.458 e. The van der Waals surface area contributed by atoms with Gasteiger partial charge in [0.1, 0.15) is 6.10 Å². The Hall–Kier alpha value is -1.31. The highest BCUT2D eigenvalue weighted by Gasteiger charge is 2.16. The number of hydrogen-bond acceptors (Lipinski definition) is 2. The Balaban J connectivity index is 2.56. The molecule has 1 aromatic rings. The van der Waals surface area contributed by atoms with E-state index in [2.05, 4.69) is 0 Å². The van der Waals surface area contributed by atoms with Crippen molar-refractivity contribution in [3.05, 3.63) is 35.9 Å². The van der Waals surface area contributed by atoms with Gasteiger partial charge in [-0.15, -0.1) is 0 Å². The maximum atomic E-state index is 11.5. The Morgan fingerprint density at radius 3 is 2.40 bits per heavy atom. The molecule has 15 heavy (non-hydrogen) atoms. The van der Waals surface area contributed by atoms with Crippen LogP contribution in [0.4, 0.5) is 0 Å². The average Bonchev–Trinajstić information content (AvgIpc) is 2.29. The van der Waals surface area contributed by atoms with E-state index in [4.69, 9.17) is 4.74 Å². The predicted octanol–water partition coefficient (Wildman–Crippen LogP) is 3.34. The molecule has 0 aliphatic rings. The number of rotatable bonds is 4. The Bertz CT molecular complexity index is 306. The highest BCUT2D eigenvalue weighted by molar-refractivity contribution is 5.72. The number of benzene rings is 1. The van der Waals surface area contributed by atoms with Crippen molar-refractivity contribution in [1.82, 2.24) is 0 Å². The normalized spacial score (nSPS) is 14.3. The summed E-state index contributed by atoms with van der Waals surface area (Å²) in [5, 5.41) is 0. The Labute approximate surface area is 91.3 Å². The zero-order chi connectivity index (χ0) is 11.3. The monoisotopic (exact) mass is 206 g/mol. The van der Waals surface area contributed by atoms with Gasteiger partial charge < -0.3 is 4.74 Å². The fourth-order valence-electron chi connectivity index (χ4n) is 1.25. The molecule has 0 spiro atoms. The molecular formula is C13H18O2. The molecule has 0 aliphatic heterocycles. The van der Waals surface area contributed by atoms with E-state index >= 15 is 0 Å². The molecule has 0 saturated carbocycles. The van der Waals surface area contributed by atoms with Gasteiger partial charge in [-0.05, 0) is 18.9 Å². The molecule has 0 saturated heterocycles. The molecule has 0 bridgehead atoms. The molecule has 1 rings (SSSR count). The molecule has 0 aliphatic carbocycles. The molecular weight excluding hydrogens is 188 g/mol. The summed E-state index contributed by atoms with van der Waals surface area (Å²) in [5.74, 6) is -0.134. The fraction of sp³-hybridized carbons (Fsp3) is 0.462. The van der Waals surface area contributed by atoms with Crippen LogP contribution in [0.2, 0.25) is 0 Å². The third-order valence-corrected chi connectivity index (χ3v) is 2.58. The van der Waals surface area contributed by atoms with E-state index in [1.807, 2.05) is 51.1 Å². The van der Waals surface area contributed by atoms with Gasteiger partial charge in [-0.2, -0.15) is 0 Å². The van der Waals surface area contributed by atoms with Crippen LogP contribution in [-0.2, 0) is 9.53 Å². The number of ether oxygens (including phenoxy) is 1. The second kappa shape index (κ2) is 5.54. The summed E-state index contributed by atoms with van der Waals surface area (Å²) in [4.78, 5) is 11.5. The molecule has 1 aromatic carbocycles. The van der Waals surface area contributed by atoms with E-state index in [1.54, 1.807) is 0 Å². The van der Waals surface area contributed by atoms with Gasteiger partial charge in [0.15, 0.2) is 0 Å². The molecule has 0 unspecified atom stereocenters. The summed E-state index contributed by atoms with van der Waals surface area (Å²) in [7, 11) is 0. The lowest BCUT2D eigenvalue weighted by molar-refractivity contribution is -0.153. The summed E-state index contributed by atoms with van der Waals surface area (Å²) in [6, 6.07) is 9.78. The van der Waals surface area contributed by atoms with E-state index in [9.17, 15) is 4.79 Å². The first-order valence-corrected chi connectivity index (χ1v) is 5.40. The lowest BCUT2D eigenvalue weighted by atomic mass is 10.1. The first kappa shape index (κ1) is 11.8. The van der Waals surface area contributed by atoms with Crippen LogP contribution in [0.15, 0.2) is 30.3 Å². The highest BCUT2D eigenvalue weighted by Crippen LogP contribution is 2.18. The van der Waals surface area contributed by atoms with Crippen LogP contribution in [0, 0.1) is 5.92 Å². The topological polar surface area (TPSA) is 26.3 Å². The van der Waals surface area contributed by atoms with Gasteiger partial charge >= 0.3 is 5.97 Å². The number of hydrogen-bond donors (Lipinski definition) is 0. The summed E-state index contributed by atoms with van der Waals surface area (Å²) >= 11 is 0. The van der Waals surface area contributed by atoms with Crippen LogP contribution in [0.1, 0.15) is 38.9 Å². The van der Waals surface area contributed by atoms with Gasteiger partial charge in [0.25, 0.3) is 0 Å². The van der Waals surface area contributed by atoms with E-state index in [1.165, 1.54) is 0 Å². The van der Waals surface area contributed by atoms with Crippen molar-refractivity contribution >= 4 is 5.97 Å². The third kappa shape index (κ3) is 3.39. The third-order valence-electron chi connectivity index (χ3n) is 2.58. The molecule has 2 heteroatoms. The predicted molar refractivity (Wildman–Crippen MR) is 60.4 cm³/mol. The second-order valence-corrected chi connectivity index (χ2v) is 3.80. The Morgan fingerprint density at radius 1 is 1.27 bits per heavy atom. The van der Waals surface area contributed by atoms with Crippen LogP contribution >= 0.6 is 0 Å². The number of esters is 1. The van der Waals surface area contributed by atoms with Crippen LogP contribution in [0.25, 0.3) is 0 Å². The van der Waals surface area contributed by atoms with Gasteiger partial charge in [0.2, 0.25) is 0 Å². The van der Waals surface area contributed by atoms with E-state index in [0.29, 0.717) is 0 Å². The van der Waals surface area contributed by atoms with Crippen molar-refractivity contribution < 1.29 is 9.53 Å². The minimum atomic E-state index is -0.160. The molecule has 0 N–H and O–H groups in total. The van der Waals surface area contributed by atoms with Crippen LogP contribution in [-0.4, -0.2) is 5.97 Å².